The highest BCUT2D eigenvalue weighted by Crippen LogP contribution is 2.36. The van der Waals surface area contributed by atoms with Gasteiger partial charge in [-0.15, -0.1) is 0 Å². The summed E-state index contributed by atoms with van der Waals surface area (Å²) in [5.41, 5.74) is 1.06. The summed E-state index contributed by atoms with van der Waals surface area (Å²) in [6.07, 6.45) is 9.73. The fourth-order valence-corrected chi connectivity index (χ4v) is 1.97. The number of hydrogen-bond donors (Lipinski definition) is 1. The largest absolute Gasteiger partial charge is 0.413 e. The molecule has 104 valence electrons. The molecule has 0 fully saturated rings. The number of hydrogen-bond acceptors (Lipinski definition) is 2. The van der Waals surface area contributed by atoms with Crippen molar-refractivity contribution in [1.82, 2.24) is 0 Å². The molecule has 3 heteroatoms. The Morgan fingerprint density at radius 1 is 1.22 bits per heavy atom. The van der Waals surface area contributed by atoms with Crippen molar-refractivity contribution in [3.63, 3.8) is 0 Å². The van der Waals surface area contributed by atoms with E-state index in [1.165, 1.54) is 0 Å². The fraction of sp³-hybridized carbons (Fsp3) is 0.600. The Morgan fingerprint density at radius 2 is 1.83 bits per heavy atom. The monoisotopic (exact) mass is 268 g/mol. The SMILES string of the molecule is CC(=C/CO)/C=C/C=C/CO[Si](C)(C)C(C)(C)C. The van der Waals surface area contributed by atoms with Crippen LogP contribution in [0.5, 0.6) is 0 Å². The van der Waals surface area contributed by atoms with Crippen LogP contribution in [0.15, 0.2) is 36.0 Å². The Kier molecular flexibility index (Phi) is 7.44. The molecule has 2 nitrogen and oxygen atoms in total. The van der Waals surface area contributed by atoms with E-state index in [9.17, 15) is 0 Å². The van der Waals surface area contributed by atoms with Crippen LogP contribution in [-0.4, -0.2) is 26.6 Å². The maximum Gasteiger partial charge on any atom is 0.192 e. The van der Waals surface area contributed by atoms with Crippen molar-refractivity contribution in [1.29, 1.82) is 0 Å². The first kappa shape index (κ1) is 17.4. The number of aliphatic hydroxyl groups is 1. The molecule has 0 rings (SSSR count). The van der Waals surface area contributed by atoms with Crippen LogP contribution >= 0.6 is 0 Å². The summed E-state index contributed by atoms with van der Waals surface area (Å²) in [6, 6.07) is 0. The second kappa shape index (κ2) is 7.72. The van der Waals surface area contributed by atoms with Crippen molar-refractivity contribution in [2.24, 2.45) is 0 Å². The standard InChI is InChI=1S/C15H28O2Si/c1-14(11-12-16)10-8-7-9-13-17-18(5,6)15(2,3)4/h7-11,16H,12-13H2,1-6H3/b9-7+,10-8+,14-11-. The van der Waals surface area contributed by atoms with Crippen LogP contribution in [0, 0.1) is 0 Å². The Bertz CT molecular complexity index is 320. The van der Waals surface area contributed by atoms with E-state index in [4.69, 9.17) is 9.53 Å². The molecule has 18 heavy (non-hydrogen) atoms. The summed E-state index contributed by atoms with van der Waals surface area (Å²) >= 11 is 0. The highest BCUT2D eigenvalue weighted by molar-refractivity contribution is 6.74. The van der Waals surface area contributed by atoms with E-state index in [1.807, 2.05) is 31.2 Å². The van der Waals surface area contributed by atoms with Gasteiger partial charge in [0.25, 0.3) is 0 Å². The Morgan fingerprint density at radius 3 is 2.33 bits per heavy atom. The lowest BCUT2D eigenvalue weighted by atomic mass is 10.2. The molecule has 0 unspecified atom stereocenters. The summed E-state index contributed by atoms with van der Waals surface area (Å²) in [6.45, 7) is 14.0. The quantitative estimate of drug-likeness (QED) is 0.581. The minimum Gasteiger partial charge on any atom is -0.413 e. The second-order valence-corrected chi connectivity index (χ2v) is 10.8. The van der Waals surface area contributed by atoms with Crippen molar-refractivity contribution in [3.8, 4) is 0 Å². The van der Waals surface area contributed by atoms with Gasteiger partial charge >= 0.3 is 0 Å². The van der Waals surface area contributed by atoms with Gasteiger partial charge in [-0.3, -0.25) is 0 Å². The third-order valence-electron chi connectivity index (χ3n) is 3.37. The van der Waals surface area contributed by atoms with Crippen molar-refractivity contribution in [2.45, 2.75) is 45.8 Å². The summed E-state index contributed by atoms with van der Waals surface area (Å²) < 4.78 is 6.01. The molecule has 0 aromatic carbocycles. The normalized spacial score (nSPS) is 14.9. The average molecular weight is 268 g/mol. The third-order valence-corrected chi connectivity index (χ3v) is 7.87. The van der Waals surface area contributed by atoms with Gasteiger partial charge in [0.1, 0.15) is 0 Å². The maximum absolute atomic E-state index is 8.70. The van der Waals surface area contributed by atoms with E-state index in [0.717, 1.165) is 5.57 Å². The van der Waals surface area contributed by atoms with Crippen molar-refractivity contribution in [3.05, 3.63) is 36.0 Å². The molecule has 0 aromatic heterocycles. The van der Waals surface area contributed by atoms with Crippen LogP contribution in [0.2, 0.25) is 18.1 Å². The van der Waals surface area contributed by atoms with Crippen molar-refractivity contribution in [2.75, 3.05) is 13.2 Å². The predicted octanol–water partition coefficient (Wildman–Crippen LogP) is 4.06. The zero-order chi connectivity index (χ0) is 14.2. The summed E-state index contributed by atoms with van der Waals surface area (Å²) in [5, 5.41) is 8.96. The average Bonchev–Trinajstić information content (AvgIpc) is 2.21. The molecular formula is C15H28O2Si. The molecule has 0 saturated heterocycles. The van der Waals surface area contributed by atoms with E-state index in [-0.39, 0.29) is 11.6 Å². The molecule has 1 N–H and O–H groups in total. The zero-order valence-electron chi connectivity index (χ0n) is 12.7. The summed E-state index contributed by atoms with van der Waals surface area (Å²) in [4.78, 5) is 0. The summed E-state index contributed by atoms with van der Waals surface area (Å²) in [5.74, 6) is 0. The predicted molar refractivity (Wildman–Crippen MR) is 82.3 cm³/mol. The van der Waals surface area contributed by atoms with E-state index >= 15 is 0 Å². The van der Waals surface area contributed by atoms with E-state index in [0.29, 0.717) is 6.61 Å². The topological polar surface area (TPSA) is 29.5 Å². The molecule has 0 aliphatic carbocycles. The first-order chi connectivity index (χ1) is 8.20. The van der Waals surface area contributed by atoms with Crippen LogP contribution in [0.1, 0.15) is 27.7 Å². The molecule has 0 bridgehead atoms. The van der Waals surface area contributed by atoms with Gasteiger partial charge in [0.2, 0.25) is 0 Å². The summed E-state index contributed by atoms with van der Waals surface area (Å²) in [7, 11) is -1.62. The van der Waals surface area contributed by atoms with Crippen LogP contribution in [0.4, 0.5) is 0 Å². The van der Waals surface area contributed by atoms with E-state index < -0.39 is 8.32 Å². The molecule has 0 amide bonds. The molecular weight excluding hydrogens is 240 g/mol. The van der Waals surface area contributed by atoms with Gasteiger partial charge in [-0.2, -0.15) is 0 Å². The van der Waals surface area contributed by atoms with Gasteiger partial charge in [-0.25, -0.2) is 0 Å². The van der Waals surface area contributed by atoms with Crippen LogP contribution < -0.4 is 0 Å². The zero-order valence-corrected chi connectivity index (χ0v) is 13.7. The Balaban J connectivity index is 4.10. The highest BCUT2D eigenvalue weighted by Gasteiger charge is 2.36. The van der Waals surface area contributed by atoms with Gasteiger partial charge in [-0.1, -0.05) is 56.7 Å². The van der Waals surface area contributed by atoms with Gasteiger partial charge in [-0.05, 0) is 25.1 Å². The number of allylic oxidation sites excluding steroid dienone is 4. The van der Waals surface area contributed by atoms with E-state index in [1.54, 1.807) is 6.08 Å². The Hall–Kier alpha value is -0.643. The lowest BCUT2D eigenvalue weighted by Gasteiger charge is -2.35. The number of aliphatic hydroxyl groups excluding tert-OH is 1. The van der Waals surface area contributed by atoms with Gasteiger partial charge in [0.05, 0.1) is 13.2 Å². The minimum atomic E-state index is -1.62. The molecule has 0 aliphatic heterocycles. The lowest BCUT2D eigenvalue weighted by molar-refractivity contribution is 0.328. The Labute approximate surface area is 113 Å². The molecule has 0 atom stereocenters. The maximum atomic E-state index is 8.70. The first-order valence-electron chi connectivity index (χ1n) is 6.45. The highest BCUT2D eigenvalue weighted by atomic mass is 28.4. The molecule has 0 saturated carbocycles. The van der Waals surface area contributed by atoms with Crippen LogP contribution in [-0.2, 0) is 4.43 Å². The lowest BCUT2D eigenvalue weighted by Crippen LogP contribution is -2.40. The minimum absolute atomic E-state index is 0.0916. The fourth-order valence-electron chi connectivity index (χ4n) is 1.03. The molecule has 0 radical (unpaired) electrons. The van der Waals surface area contributed by atoms with Crippen molar-refractivity contribution < 1.29 is 9.53 Å². The van der Waals surface area contributed by atoms with Gasteiger partial charge < -0.3 is 9.53 Å². The molecule has 0 aliphatic rings. The van der Waals surface area contributed by atoms with Crippen LogP contribution in [0.25, 0.3) is 0 Å². The first-order valence-corrected chi connectivity index (χ1v) is 9.36. The molecule has 0 aromatic rings. The smallest absolute Gasteiger partial charge is 0.192 e. The van der Waals surface area contributed by atoms with Crippen molar-refractivity contribution >= 4 is 8.32 Å². The van der Waals surface area contributed by atoms with Gasteiger partial charge in [0.15, 0.2) is 8.32 Å². The van der Waals surface area contributed by atoms with E-state index in [2.05, 4.69) is 33.9 Å². The molecule has 0 spiro atoms. The van der Waals surface area contributed by atoms with Gasteiger partial charge in [0, 0.05) is 0 Å². The molecule has 0 heterocycles. The number of rotatable bonds is 6. The van der Waals surface area contributed by atoms with Crippen LogP contribution in [0.3, 0.4) is 0 Å². The third kappa shape index (κ3) is 6.94. The second-order valence-electron chi connectivity index (χ2n) is 5.99.